The summed E-state index contributed by atoms with van der Waals surface area (Å²) in [6.45, 7) is -1.57. The van der Waals surface area contributed by atoms with Crippen molar-refractivity contribution in [3.8, 4) is 6.07 Å². The fourth-order valence-corrected chi connectivity index (χ4v) is 1.47. The van der Waals surface area contributed by atoms with Crippen LogP contribution in [0.1, 0.15) is 5.56 Å². The molecule has 0 radical (unpaired) electrons. The first-order valence-corrected chi connectivity index (χ1v) is 5.03. The first kappa shape index (κ1) is 14.3. The number of aliphatic hydroxyl groups is 1. The average molecular weight is 262 g/mol. The molecule has 1 N–H and O–H groups in total. The molecule has 0 saturated carbocycles. The zero-order chi connectivity index (χ0) is 13.7. The van der Waals surface area contributed by atoms with E-state index in [1.807, 2.05) is 0 Å². The zero-order valence-electron chi connectivity index (χ0n) is 9.21. The van der Waals surface area contributed by atoms with Crippen LogP contribution in [0.25, 0.3) is 0 Å². The van der Waals surface area contributed by atoms with Gasteiger partial charge in [0.1, 0.15) is 6.07 Å². The van der Waals surface area contributed by atoms with Crippen molar-refractivity contribution in [3.05, 3.63) is 29.3 Å². The SMILES string of the molecule is N#Cc1ccc(N(CCO)CC(F)F)c(F)c1F. The van der Waals surface area contributed by atoms with Crippen LogP contribution in [0.5, 0.6) is 0 Å². The molecule has 0 amide bonds. The first-order chi connectivity index (χ1) is 8.51. The summed E-state index contributed by atoms with van der Waals surface area (Å²) in [5, 5.41) is 17.2. The summed E-state index contributed by atoms with van der Waals surface area (Å²) in [5.74, 6) is -2.75. The highest BCUT2D eigenvalue weighted by Gasteiger charge is 2.20. The molecule has 18 heavy (non-hydrogen) atoms. The maximum absolute atomic E-state index is 13.6. The summed E-state index contributed by atoms with van der Waals surface area (Å²) >= 11 is 0. The number of anilines is 1. The standard InChI is InChI=1S/C11H10F4N2O/c12-9(13)6-17(3-4-18)8-2-1-7(5-16)10(14)11(8)15/h1-2,9,18H,3-4,6H2. The lowest BCUT2D eigenvalue weighted by Gasteiger charge is -2.24. The van der Waals surface area contributed by atoms with Crippen molar-refractivity contribution in [3.63, 3.8) is 0 Å². The van der Waals surface area contributed by atoms with E-state index in [9.17, 15) is 17.6 Å². The molecule has 0 fully saturated rings. The summed E-state index contributed by atoms with van der Waals surface area (Å²) in [6.07, 6.45) is -2.75. The van der Waals surface area contributed by atoms with Gasteiger partial charge in [0.05, 0.1) is 24.4 Å². The minimum absolute atomic E-state index is 0.257. The smallest absolute Gasteiger partial charge is 0.255 e. The lowest BCUT2D eigenvalue weighted by Crippen LogP contribution is -2.32. The van der Waals surface area contributed by atoms with Crippen LogP contribution in [-0.4, -0.2) is 31.2 Å². The predicted octanol–water partition coefficient (Wildman–Crippen LogP) is 1.90. The molecule has 0 aromatic heterocycles. The van der Waals surface area contributed by atoms with Gasteiger partial charge in [0.2, 0.25) is 0 Å². The third-order valence-electron chi connectivity index (χ3n) is 2.25. The second-order valence-corrected chi connectivity index (χ2v) is 3.43. The molecule has 98 valence electrons. The second-order valence-electron chi connectivity index (χ2n) is 3.43. The van der Waals surface area contributed by atoms with Crippen LogP contribution >= 0.6 is 0 Å². The molecule has 0 unspecified atom stereocenters. The Bertz CT molecular complexity index is 459. The van der Waals surface area contributed by atoms with Crippen LogP contribution in [0, 0.1) is 23.0 Å². The van der Waals surface area contributed by atoms with Gasteiger partial charge < -0.3 is 10.0 Å². The Hall–Kier alpha value is -1.81. The summed E-state index contributed by atoms with van der Waals surface area (Å²) in [7, 11) is 0. The van der Waals surface area contributed by atoms with Gasteiger partial charge in [-0.2, -0.15) is 5.26 Å². The third kappa shape index (κ3) is 3.11. The van der Waals surface area contributed by atoms with E-state index in [1.54, 1.807) is 0 Å². The van der Waals surface area contributed by atoms with Crippen molar-refractivity contribution < 1.29 is 22.7 Å². The molecule has 1 rings (SSSR count). The minimum Gasteiger partial charge on any atom is -0.395 e. The van der Waals surface area contributed by atoms with E-state index in [-0.39, 0.29) is 6.54 Å². The Balaban J connectivity index is 3.13. The van der Waals surface area contributed by atoms with Gasteiger partial charge in [-0.05, 0) is 12.1 Å². The number of rotatable bonds is 5. The van der Waals surface area contributed by atoms with Crippen molar-refractivity contribution in [1.29, 1.82) is 5.26 Å². The maximum Gasteiger partial charge on any atom is 0.255 e. The van der Waals surface area contributed by atoms with Crippen LogP contribution in [-0.2, 0) is 0 Å². The van der Waals surface area contributed by atoms with E-state index in [2.05, 4.69) is 0 Å². The molecule has 0 aliphatic rings. The van der Waals surface area contributed by atoms with E-state index in [0.717, 1.165) is 17.0 Å². The van der Waals surface area contributed by atoms with Crippen LogP contribution in [0.4, 0.5) is 23.2 Å². The monoisotopic (exact) mass is 262 g/mol. The van der Waals surface area contributed by atoms with Crippen LogP contribution in [0.3, 0.4) is 0 Å². The van der Waals surface area contributed by atoms with Gasteiger partial charge >= 0.3 is 0 Å². The number of aliphatic hydroxyl groups excluding tert-OH is 1. The van der Waals surface area contributed by atoms with E-state index >= 15 is 0 Å². The van der Waals surface area contributed by atoms with E-state index in [1.165, 1.54) is 6.07 Å². The Morgan fingerprint density at radius 2 is 1.94 bits per heavy atom. The summed E-state index contributed by atoms with van der Waals surface area (Å²) in [4.78, 5) is 0.824. The van der Waals surface area contributed by atoms with E-state index in [4.69, 9.17) is 10.4 Å². The lowest BCUT2D eigenvalue weighted by molar-refractivity contribution is 0.152. The quantitative estimate of drug-likeness (QED) is 0.824. The van der Waals surface area contributed by atoms with Crippen molar-refractivity contribution in [2.75, 3.05) is 24.6 Å². The van der Waals surface area contributed by atoms with E-state index < -0.39 is 42.5 Å². The molecular formula is C11H10F4N2O. The molecule has 0 atom stereocenters. The Kier molecular flexibility index (Phi) is 4.92. The number of halogens is 4. The number of benzene rings is 1. The third-order valence-corrected chi connectivity index (χ3v) is 2.25. The van der Waals surface area contributed by atoms with E-state index in [0.29, 0.717) is 0 Å². The maximum atomic E-state index is 13.6. The van der Waals surface area contributed by atoms with Crippen molar-refractivity contribution in [2.24, 2.45) is 0 Å². The van der Waals surface area contributed by atoms with Crippen LogP contribution in [0.2, 0.25) is 0 Å². The second kappa shape index (κ2) is 6.21. The molecule has 0 saturated heterocycles. The molecule has 0 aliphatic heterocycles. The highest BCUT2D eigenvalue weighted by molar-refractivity contribution is 5.52. The van der Waals surface area contributed by atoms with Gasteiger partial charge in [-0.1, -0.05) is 0 Å². The highest BCUT2D eigenvalue weighted by atomic mass is 19.3. The molecule has 7 heteroatoms. The summed E-state index contributed by atoms with van der Waals surface area (Å²) < 4.78 is 51.5. The minimum atomic E-state index is -2.75. The van der Waals surface area contributed by atoms with Gasteiger partial charge in [-0.15, -0.1) is 0 Å². The topological polar surface area (TPSA) is 47.3 Å². The van der Waals surface area contributed by atoms with Crippen molar-refractivity contribution >= 4 is 5.69 Å². The van der Waals surface area contributed by atoms with Crippen molar-refractivity contribution in [1.82, 2.24) is 0 Å². The number of alkyl halides is 2. The largest absolute Gasteiger partial charge is 0.395 e. The van der Waals surface area contributed by atoms with Crippen LogP contribution in [0.15, 0.2) is 12.1 Å². The molecule has 1 aromatic rings. The number of hydrogen-bond acceptors (Lipinski definition) is 3. The van der Waals surface area contributed by atoms with Gasteiger partial charge in [0.15, 0.2) is 11.6 Å². The fraction of sp³-hybridized carbons (Fsp3) is 0.364. The van der Waals surface area contributed by atoms with Gasteiger partial charge in [-0.3, -0.25) is 0 Å². The van der Waals surface area contributed by atoms with Gasteiger partial charge in [0.25, 0.3) is 6.43 Å². The molecule has 0 spiro atoms. The molecule has 0 heterocycles. The Labute approximate surface area is 101 Å². The fourth-order valence-electron chi connectivity index (χ4n) is 1.47. The molecule has 1 aromatic carbocycles. The normalized spacial score (nSPS) is 10.5. The molecule has 0 bridgehead atoms. The summed E-state index contributed by atoms with van der Waals surface area (Å²) in [6, 6.07) is 3.48. The van der Waals surface area contributed by atoms with Gasteiger partial charge in [0, 0.05) is 6.54 Å². The molecular weight excluding hydrogens is 252 g/mol. The number of nitriles is 1. The van der Waals surface area contributed by atoms with Gasteiger partial charge in [-0.25, -0.2) is 17.6 Å². The molecule has 0 aliphatic carbocycles. The number of hydrogen-bond donors (Lipinski definition) is 1. The molecule has 3 nitrogen and oxygen atoms in total. The predicted molar refractivity (Wildman–Crippen MR) is 56.4 cm³/mol. The Morgan fingerprint density at radius 1 is 1.28 bits per heavy atom. The lowest BCUT2D eigenvalue weighted by atomic mass is 10.2. The highest BCUT2D eigenvalue weighted by Crippen LogP contribution is 2.24. The average Bonchev–Trinajstić information content (AvgIpc) is 2.31. The Morgan fingerprint density at radius 3 is 2.44 bits per heavy atom. The first-order valence-electron chi connectivity index (χ1n) is 5.03. The van der Waals surface area contributed by atoms with Crippen molar-refractivity contribution in [2.45, 2.75) is 6.43 Å². The van der Waals surface area contributed by atoms with Crippen LogP contribution < -0.4 is 4.90 Å². The number of nitrogens with zero attached hydrogens (tertiary/aromatic N) is 2. The zero-order valence-corrected chi connectivity index (χ0v) is 9.21. The summed E-state index contributed by atoms with van der Waals surface area (Å²) in [5.41, 5.74) is -0.905.